The van der Waals surface area contributed by atoms with Crippen LogP contribution in [0, 0.1) is 0 Å². The molecule has 3 heteroatoms. The van der Waals surface area contributed by atoms with Crippen LogP contribution in [0.5, 0.6) is 0 Å². The Hall–Kier alpha value is 0.390. The maximum Gasteiger partial charge on any atom is 0.0205 e. The zero-order chi connectivity index (χ0) is 9.52. The fraction of sp³-hybridized carbons (Fsp3) is 0.400. The van der Waals surface area contributed by atoms with Crippen molar-refractivity contribution in [3.05, 3.63) is 34.3 Å². The molecule has 0 spiro atoms. The van der Waals surface area contributed by atoms with Gasteiger partial charge < -0.3 is 5.32 Å². The highest BCUT2D eigenvalue weighted by Gasteiger charge is 1.92. The van der Waals surface area contributed by atoms with Crippen LogP contribution in [0.3, 0.4) is 0 Å². The lowest BCUT2D eigenvalue weighted by Gasteiger charge is -2.03. The molecule has 0 aliphatic heterocycles. The predicted octanol–water partition coefficient (Wildman–Crippen LogP) is 3.36. The summed E-state index contributed by atoms with van der Waals surface area (Å²) in [6, 6.07) is 8.41. The summed E-state index contributed by atoms with van der Waals surface area (Å²) < 4.78 is 2.38. The average Bonchev–Trinajstić information content (AvgIpc) is 2.13. The van der Waals surface area contributed by atoms with Gasteiger partial charge >= 0.3 is 0 Å². The maximum atomic E-state index is 3.46. The van der Waals surface area contributed by atoms with E-state index in [1.807, 2.05) is 6.07 Å². The van der Waals surface area contributed by atoms with E-state index in [-0.39, 0.29) is 0 Å². The third kappa shape index (κ3) is 4.98. The second kappa shape index (κ2) is 6.79. The number of nitrogens with one attached hydrogen (secondary N) is 1. The van der Waals surface area contributed by atoms with Crippen molar-refractivity contribution >= 4 is 38.5 Å². The van der Waals surface area contributed by atoms with E-state index in [9.17, 15) is 0 Å². The summed E-state index contributed by atoms with van der Waals surface area (Å²) in [4.78, 5) is 0. The fourth-order valence-electron chi connectivity index (χ4n) is 1.07. The summed E-state index contributed by atoms with van der Waals surface area (Å²) in [5, 5.41) is 3.40. The highest BCUT2D eigenvalue weighted by molar-refractivity contribution is 14.1. The quantitative estimate of drug-likeness (QED) is 0.486. The minimum Gasteiger partial charge on any atom is -0.313 e. The molecule has 0 bridgehead atoms. The highest BCUT2D eigenvalue weighted by atomic mass is 127. The Morgan fingerprint density at radius 3 is 2.92 bits per heavy atom. The van der Waals surface area contributed by atoms with Crippen molar-refractivity contribution in [1.82, 2.24) is 5.32 Å². The molecule has 1 rings (SSSR count). The highest BCUT2D eigenvalue weighted by Crippen LogP contribution is 2.11. The molecular weight excluding hydrogens is 341 g/mol. The van der Waals surface area contributed by atoms with Crippen LogP contribution in [0.1, 0.15) is 12.0 Å². The van der Waals surface area contributed by atoms with Crippen LogP contribution >= 0.6 is 38.5 Å². The molecule has 0 saturated carbocycles. The molecule has 0 radical (unpaired) electrons. The molecule has 1 N–H and O–H groups in total. The van der Waals surface area contributed by atoms with Gasteiger partial charge in [0.15, 0.2) is 0 Å². The largest absolute Gasteiger partial charge is 0.313 e. The van der Waals surface area contributed by atoms with E-state index >= 15 is 0 Å². The van der Waals surface area contributed by atoms with Gasteiger partial charge in [0, 0.05) is 15.4 Å². The molecular formula is C10H13BrIN. The van der Waals surface area contributed by atoms with Gasteiger partial charge in [-0.2, -0.15) is 0 Å². The SMILES string of the molecule is Brc1cccc(CNCCCI)c1. The van der Waals surface area contributed by atoms with E-state index in [0.29, 0.717) is 0 Å². The minimum atomic E-state index is 0.968. The first-order valence-electron chi connectivity index (χ1n) is 4.34. The average molecular weight is 354 g/mol. The van der Waals surface area contributed by atoms with Gasteiger partial charge in [-0.05, 0) is 30.7 Å². The van der Waals surface area contributed by atoms with Crippen molar-refractivity contribution < 1.29 is 0 Å². The Morgan fingerprint density at radius 2 is 2.23 bits per heavy atom. The molecule has 1 aromatic carbocycles. The number of halogens is 2. The first-order chi connectivity index (χ1) is 6.33. The van der Waals surface area contributed by atoms with Crippen LogP contribution in [0.15, 0.2) is 28.7 Å². The molecule has 0 aliphatic carbocycles. The van der Waals surface area contributed by atoms with Crippen LogP contribution in [0.25, 0.3) is 0 Å². The van der Waals surface area contributed by atoms with Crippen LogP contribution in [0.2, 0.25) is 0 Å². The first-order valence-corrected chi connectivity index (χ1v) is 6.66. The summed E-state index contributed by atoms with van der Waals surface area (Å²) in [6.45, 7) is 2.07. The molecule has 0 fully saturated rings. The number of hydrogen-bond donors (Lipinski definition) is 1. The summed E-state index contributed by atoms with van der Waals surface area (Å²) >= 11 is 5.86. The maximum absolute atomic E-state index is 3.46. The Kier molecular flexibility index (Phi) is 5.98. The van der Waals surface area contributed by atoms with Gasteiger partial charge in [-0.15, -0.1) is 0 Å². The summed E-state index contributed by atoms with van der Waals surface area (Å²) in [5.74, 6) is 0. The van der Waals surface area contributed by atoms with E-state index < -0.39 is 0 Å². The first kappa shape index (κ1) is 11.5. The zero-order valence-electron chi connectivity index (χ0n) is 7.39. The Balaban J connectivity index is 2.28. The second-order valence-electron chi connectivity index (χ2n) is 2.85. The number of rotatable bonds is 5. The normalized spacial score (nSPS) is 10.3. The third-order valence-corrected chi connectivity index (χ3v) is 2.96. The topological polar surface area (TPSA) is 12.0 Å². The molecule has 0 amide bonds. The van der Waals surface area contributed by atoms with E-state index in [0.717, 1.165) is 17.6 Å². The molecule has 1 aromatic rings. The van der Waals surface area contributed by atoms with Gasteiger partial charge in [0.05, 0.1) is 0 Å². The molecule has 0 saturated heterocycles. The Labute approximate surface area is 102 Å². The zero-order valence-corrected chi connectivity index (χ0v) is 11.1. The molecule has 0 unspecified atom stereocenters. The molecule has 0 atom stereocenters. The van der Waals surface area contributed by atoms with Crippen LogP contribution in [-0.4, -0.2) is 11.0 Å². The lowest BCUT2D eigenvalue weighted by molar-refractivity contribution is 0.681. The third-order valence-electron chi connectivity index (χ3n) is 1.71. The van der Waals surface area contributed by atoms with E-state index in [1.165, 1.54) is 16.4 Å². The number of alkyl halides is 1. The summed E-state index contributed by atoms with van der Waals surface area (Å²) in [6.07, 6.45) is 1.24. The minimum absolute atomic E-state index is 0.968. The van der Waals surface area contributed by atoms with Gasteiger partial charge in [0.1, 0.15) is 0 Å². The second-order valence-corrected chi connectivity index (χ2v) is 4.84. The van der Waals surface area contributed by atoms with Crippen molar-refractivity contribution in [2.75, 3.05) is 11.0 Å². The van der Waals surface area contributed by atoms with Gasteiger partial charge in [0.2, 0.25) is 0 Å². The van der Waals surface area contributed by atoms with Crippen molar-refractivity contribution in [1.29, 1.82) is 0 Å². The number of hydrogen-bond acceptors (Lipinski definition) is 1. The van der Waals surface area contributed by atoms with Crippen molar-refractivity contribution in [2.24, 2.45) is 0 Å². The Morgan fingerprint density at radius 1 is 1.38 bits per heavy atom. The van der Waals surface area contributed by atoms with Crippen molar-refractivity contribution in [3.63, 3.8) is 0 Å². The molecule has 0 aromatic heterocycles. The van der Waals surface area contributed by atoms with E-state index in [4.69, 9.17) is 0 Å². The molecule has 0 heterocycles. The molecule has 13 heavy (non-hydrogen) atoms. The van der Waals surface area contributed by atoms with Crippen molar-refractivity contribution in [3.8, 4) is 0 Å². The van der Waals surface area contributed by atoms with E-state index in [2.05, 4.69) is 62.0 Å². The lowest BCUT2D eigenvalue weighted by atomic mass is 10.2. The lowest BCUT2D eigenvalue weighted by Crippen LogP contribution is -2.14. The van der Waals surface area contributed by atoms with Crippen molar-refractivity contribution in [2.45, 2.75) is 13.0 Å². The molecule has 0 aliphatic rings. The molecule has 72 valence electrons. The standard InChI is InChI=1S/C10H13BrIN/c11-10-4-1-3-9(7-10)8-13-6-2-5-12/h1,3-4,7,13H,2,5-6,8H2. The fourth-order valence-corrected chi connectivity index (χ4v) is 1.90. The smallest absolute Gasteiger partial charge is 0.0205 e. The van der Waals surface area contributed by atoms with Crippen LogP contribution in [-0.2, 0) is 6.54 Å². The monoisotopic (exact) mass is 353 g/mol. The Bertz CT molecular complexity index is 252. The molecule has 1 nitrogen and oxygen atoms in total. The van der Waals surface area contributed by atoms with Gasteiger partial charge in [0.25, 0.3) is 0 Å². The van der Waals surface area contributed by atoms with Gasteiger partial charge in [-0.25, -0.2) is 0 Å². The van der Waals surface area contributed by atoms with E-state index in [1.54, 1.807) is 0 Å². The summed E-state index contributed by atoms with van der Waals surface area (Å²) in [7, 11) is 0. The predicted molar refractivity (Wildman–Crippen MR) is 69.4 cm³/mol. The van der Waals surface area contributed by atoms with Gasteiger partial charge in [-0.1, -0.05) is 50.7 Å². The number of benzene rings is 1. The van der Waals surface area contributed by atoms with Gasteiger partial charge in [-0.3, -0.25) is 0 Å². The van der Waals surface area contributed by atoms with Crippen LogP contribution in [0.4, 0.5) is 0 Å². The summed E-state index contributed by atoms with van der Waals surface area (Å²) in [5.41, 5.74) is 1.34. The van der Waals surface area contributed by atoms with Crippen LogP contribution < -0.4 is 5.32 Å².